The van der Waals surface area contributed by atoms with Crippen molar-refractivity contribution in [1.82, 2.24) is 9.80 Å². The van der Waals surface area contributed by atoms with E-state index in [1.165, 1.54) is 9.80 Å². The van der Waals surface area contributed by atoms with Gasteiger partial charge in [-0.3, -0.25) is 9.69 Å². The second-order valence-corrected chi connectivity index (χ2v) is 4.19. The van der Waals surface area contributed by atoms with Crippen LogP contribution in [0.25, 0.3) is 0 Å². The van der Waals surface area contributed by atoms with Gasteiger partial charge in [0.25, 0.3) is 0 Å². The molecule has 1 fully saturated rings. The Morgan fingerprint density at radius 2 is 1.87 bits per heavy atom. The van der Waals surface area contributed by atoms with Crippen LogP contribution in [0.3, 0.4) is 0 Å². The molecule has 86 valence electrons. The molecule has 1 rings (SSSR count). The van der Waals surface area contributed by atoms with Gasteiger partial charge in [0, 0.05) is 19.1 Å². The molecule has 0 aromatic rings. The Bertz CT molecular complexity index is 274. The highest BCUT2D eigenvalue weighted by molar-refractivity contribution is 6.01. The number of urea groups is 1. The lowest BCUT2D eigenvalue weighted by molar-refractivity contribution is -0.125. The van der Waals surface area contributed by atoms with Gasteiger partial charge >= 0.3 is 6.03 Å². The van der Waals surface area contributed by atoms with Crippen LogP contribution >= 0.6 is 0 Å². The number of amides is 3. The highest BCUT2D eigenvalue weighted by Gasteiger charge is 2.37. The smallest absolute Gasteiger partial charge is 0.324 e. The molecule has 0 saturated carbocycles. The predicted molar refractivity (Wildman–Crippen MR) is 57.2 cm³/mol. The van der Waals surface area contributed by atoms with Crippen molar-refractivity contribution in [2.45, 2.75) is 32.2 Å². The van der Waals surface area contributed by atoms with Crippen molar-refractivity contribution in [2.24, 2.45) is 5.73 Å². The number of hydrogen-bond donors (Lipinski definition) is 1. The zero-order valence-electron chi connectivity index (χ0n) is 9.62. The third-order valence-corrected chi connectivity index (χ3v) is 3.11. The maximum atomic E-state index is 11.6. The molecule has 0 unspecified atom stereocenters. The van der Waals surface area contributed by atoms with Gasteiger partial charge in [0.1, 0.15) is 6.54 Å². The fourth-order valence-electron chi connectivity index (χ4n) is 1.61. The Kier molecular flexibility index (Phi) is 3.34. The number of rotatable bonds is 4. The fraction of sp³-hybridized carbons (Fsp3) is 0.800. The summed E-state index contributed by atoms with van der Waals surface area (Å²) in [5.74, 6) is -0.153. The van der Waals surface area contributed by atoms with Crippen molar-refractivity contribution in [3.63, 3.8) is 0 Å². The van der Waals surface area contributed by atoms with Crippen molar-refractivity contribution < 1.29 is 9.59 Å². The van der Waals surface area contributed by atoms with E-state index in [0.717, 1.165) is 12.8 Å². The molecule has 0 aliphatic carbocycles. The van der Waals surface area contributed by atoms with Crippen LogP contribution in [0.5, 0.6) is 0 Å². The highest BCUT2D eigenvalue weighted by atomic mass is 16.2. The first-order valence-corrected chi connectivity index (χ1v) is 5.28. The van der Waals surface area contributed by atoms with Gasteiger partial charge in [0.2, 0.25) is 5.91 Å². The van der Waals surface area contributed by atoms with E-state index in [-0.39, 0.29) is 18.5 Å². The molecule has 0 atom stereocenters. The van der Waals surface area contributed by atoms with E-state index in [9.17, 15) is 9.59 Å². The van der Waals surface area contributed by atoms with Crippen LogP contribution in [0.4, 0.5) is 4.79 Å². The first kappa shape index (κ1) is 12.0. The van der Waals surface area contributed by atoms with Crippen LogP contribution < -0.4 is 5.73 Å². The topological polar surface area (TPSA) is 66.6 Å². The molecule has 0 aromatic carbocycles. The minimum atomic E-state index is -0.448. The Labute approximate surface area is 90.2 Å². The lowest BCUT2D eigenvalue weighted by Gasteiger charge is -2.30. The first-order valence-electron chi connectivity index (χ1n) is 5.28. The normalized spacial score (nSPS) is 17.9. The fourth-order valence-corrected chi connectivity index (χ4v) is 1.61. The third kappa shape index (κ3) is 2.28. The summed E-state index contributed by atoms with van der Waals surface area (Å²) in [6.07, 6.45) is 1.51. The number of hydrogen-bond acceptors (Lipinski definition) is 3. The molecule has 1 aliphatic rings. The second-order valence-electron chi connectivity index (χ2n) is 4.19. The molecule has 5 heteroatoms. The molecule has 5 nitrogen and oxygen atoms in total. The van der Waals surface area contributed by atoms with Crippen LogP contribution in [-0.2, 0) is 4.79 Å². The van der Waals surface area contributed by atoms with Gasteiger partial charge in [-0.1, -0.05) is 13.8 Å². The summed E-state index contributed by atoms with van der Waals surface area (Å²) in [6, 6.07) is -0.239. The largest absolute Gasteiger partial charge is 0.327 e. The number of likely N-dealkylation sites (N-methyl/N-ethyl adjacent to an activating group) is 1. The van der Waals surface area contributed by atoms with E-state index in [1.54, 1.807) is 7.05 Å². The summed E-state index contributed by atoms with van der Waals surface area (Å²) in [7, 11) is 1.62. The van der Waals surface area contributed by atoms with E-state index in [4.69, 9.17) is 5.73 Å². The summed E-state index contributed by atoms with van der Waals surface area (Å²) in [5.41, 5.74) is 5.63. The molecule has 0 spiro atoms. The van der Waals surface area contributed by atoms with Crippen LogP contribution in [-0.4, -0.2) is 47.4 Å². The zero-order chi connectivity index (χ0) is 11.6. The lowest BCUT2D eigenvalue weighted by atomic mass is 9.94. The second kappa shape index (κ2) is 4.18. The summed E-state index contributed by atoms with van der Waals surface area (Å²) in [6.45, 7) is 4.43. The number of carbonyl (C=O) groups excluding carboxylic acids is 2. The molecule has 1 heterocycles. The maximum absolute atomic E-state index is 11.6. The van der Waals surface area contributed by atoms with Crippen molar-refractivity contribution in [3.05, 3.63) is 0 Å². The minimum Gasteiger partial charge on any atom is -0.324 e. The summed E-state index contributed by atoms with van der Waals surface area (Å²) < 4.78 is 0. The number of carbonyl (C=O) groups is 2. The monoisotopic (exact) mass is 213 g/mol. The predicted octanol–water partition coefficient (Wildman–Crippen LogP) is 0.398. The molecule has 1 aliphatic heterocycles. The average Bonchev–Trinajstić information content (AvgIpc) is 2.45. The van der Waals surface area contributed by atoms with Crippen molar-refractivity contribution in [2.75, 3.05) is 20.1 Å². The van der Waals surface area contributed by atoms with E-state index >= 15 is 0 Å². The van der Waals surface area contributed by atoms with E-state index in [0.29, 0.717) is 6.54 Å². The molecule has 0 bridgehead atoms. The first-order chi connectivity index (χ1) is 6.93. The maximum Gasteiger partial charge on any atom is 0.327 e. The van der Waals surface area contributed by atoms with E-state index in [1.807, 2.05) is 13.8 Å². The van der Waals surface area contributed by atoms with E-state index in [2.05, 4.69) is 0 Å². The number of nitrogens with zero attached hydrogens (tertiary/aromatic N) is 2. The molecule has 15 heavy (non-hydrogen) atoms. The molecular weight excluding hydrogens is 194 g/mol. The van der Waals surface area contributed by atoms with Gasteiger partial charge in [-0.2, -0.15) is 0 Å². The van der Waals surface area contributed by atoms with Gasteiger partial charge in [-0.25, -0.2) is 4.79 Å². The van der Waals surface area contributed by atoms with Crippen molar-refractivity contribution in [3.8, 4) is 0 Å². The average molecular weight is 213 g/mol. The Hall–Kier alpha value is -1.10. The van der Waals surface area contributed by atoms with E-state index < -0.39 is 5.54 Å². The molecule has 1 saturated heterocycles. The summed E-state index contributed by atoms with van der Waals surface area (Å²) in [4.78, 5) is 25.8. The summed E-state index contributed by atoms with van der Waals surface area (Å²) in [5, 5.41) is 0. The van der Waals surface area contributed by atoms with Gasteiger partial charge in [0.05, 0.1) is 0 Å². The standard InChI is InChI=1S/C10H19N3O2/c1-4-10(11,5-2)7-13-8(14)6-12(3)9(13)15/h4-7,11H2,1-3H3. The number of nitrogens with two attached hydrogens (primary N) is 1. The SMILES string of the molecule is CCC(N)(CC)CN1C(=O)CN(C)C1=O. The minimum absolute atomic E-state index is 0.153. The van der Waals surface area contributed by atoms with Crippen LogP contribution in [0.15, 0.2) is 0 Å². The number of imide groups is 1. The van der Waals surface area contributed by atoms with Crippen LogP contribution in [0, 0.1) is 0 Å². The Morgan fingerprint density at radius 3 is 2.20 bits per heavy atom. The molecule has 3 amide bonds. The molecule has 0 aromatic heterocycles. The zero-order valence-corrected chi connectivity index (χ0v) is 9.62. The summed E-state index contributed by atoms with van der Waals surface area (Å²) >= 11 is 0. The molecule has 2 N–H and O–H groups in total. The lowest BCUT2D eigenvalue weighted by Crippen LogP contribution is -2.51. The van der Waals surface area contributed by atoms with Crippen molar-refractivity contribution >= 4 is 11.9 Å². The quantitative estimate of drug-likeness (QED) is 0.687. The van der Waals surface area contributed by atoms with Gasteiger partial charge in [0.15, 0.2) is 0 Å². The molecule has 0 radical (unpaired) electrons. The third-order valence-electron chi connectivity index (χ3n) is 3.11. The van der Waals surface area contributed by atoms with Crippen LogP contribution in [0.2, 0.25) is 0 Å². The van der Waals surface area contributed by atoms with Gasteiger partial charge < -0.3 is 10.6 Å². The van der Waals surface area contributed by atoms with Gasteiger partial charge in [-0.15, -0.1) is 0 Å². The van der Waals surface area contributed by atoms with Crippen LogP contribution in [0.1, 0.15) is 26.7 Å². The highest BCUT2D eigenvalue weighted by Crippen LogP contribution is 2.17. The Balaban J connectivity index is 2.73. The van der Waals surface area contributed by atoms with Gasteiger partial charge in [-0.05, 0) is 12.8 Å². The molecular formula is C10H19N3O2. The van der Waals surface area contributed by atoms with Crippen molar-refractivity contribution in [1.29, 1.82) is 0 Å². The Morgan fingerprint density at radius 1 is 1.33 bits per heavy atom.